The first-order valence-corrected chi connectivity index (χ1v) is 17.1. The fourth-order valence-corrected chi connectivity index (χ4v) is 7.66. The molecule has 0 bridgehead atoms. The Morgan fingerprint density at radius 3 is 1.78 bits per heavy atom. The number of hydrogen-bond acceptors (Lipinski definition) is 2. The van der Waals surface area contributed by atoms with Crippen LogP contribution < -0.4 is 4.90 Å². The highest BCUT2D eigenvalue weighted by Gasteiger charge is 2.19. The number of hydrogen-bond donors (Lipinski definition) is 0. The smallest absolute Gasteiger partial charge is 0.143 e. The second-order valence-electron chi connectivity index (χ2n) is 12.9. The van der Waals surface area contributed by atoms with E-state index in [-0.39, 0.29) is 0 Å². The summed E-state index contributed by atoms with van der Waals surface area (Å²) in [7, 11) is 0. The summed E-state index contributed by atoms with van der Waals surface area (Å²) in [6, 6.07) is 67.6. The third-order valence-electron chi connectivity index (χ3n) is 10.0. The number of furan rings is 1. The van der Waals surface area contributed by atoms with Crippen LogP contribution >= 0.6 is 0 Å². The maximum absolute atomic E-state index is 6.40. The molecule has 0 fully saturated rings. The van der Waals surface area contributed by atoms with Gasteiger partial charge in [0.05, 0.1) is 5.69 Å². The van der Waals surface area contributed by atoms with Crippen LogP contribution in [0.15, 0.2) is 192 Å². The normalized spacial score (nSPS) is 11.6. The van der Waals surface area contributed by atoms with Crippen LogP contribution in [0.4, 0.5) is 17.1 Å². The molecule has 50 heavy (non-hydrogen) atoms. The standard InChI is InChI=1S/C48H31NO/c1-2-12-32(13-3-1)39-16-8-10-20-46(39)49(37-29-26-34-23-22-33-14-4-5-15-38(33)43(34)30-37)36-27-24-35(25-28-36)44-31-45-41-18-9-11-21-47(41)50-48(45)42-19-7-6-17-40(42)44/h1-31H. The number of fused-ring (bicyclic) bond motifs is 8. The quantitative estimate of drug-likeness (QED) is 0.175. The van der Waals surface area contributed by atoms with Crippen molar-refractivity contribution >= 4 is 71.3 Å². The van der Waals surface area contributed by atoms with Crippen molar-refractivity contribution in [3.8, 4) is 22.3 Å². The Bertz CT molecular complexity index is 2870. The van der Waals surface area contributed by atoms with E-state index in [1.807, 2.05) is 6.07 Å². The Kier molecular flexibility index (Phi) is 6.53. The van der Waals surface area contributed by atoms with E-state index in [9.17, 15) is 0 Å². The molecular weight excluding hydrogens is 607 g/mol. The van der Waals surface area contributed by atoms with Gasteiger partial charge in [-0.15, -0.1) is 0 Å². The molecule has 0 radical (unpaired) electrons. The van der Waals surface area contributed by atoms with Gasteiger partial charge in [-0.1, -0.05) is 146 Å². The molecule has 0 saturated carbocycles. The van der Waals surface area contributed by atoms with Gasteiger partial charge in [-0.3, -0.25) is 0 Å². The minimum Gasteiger partial charge on any atom is -0.455 e. The van der Waals surface area contributed by atoms with Crippen molar-refractivity contribution in [2.75, 3.05) is 4.90 Å². The van der Waals surface area contributed by atoms with Gasteiger partial charge in [-0.2, -0.15) is 0 Å². The molecule has 9 aromatic carbocycles. The van der Waals surface area contributed by atoms with Gasteiger partial charge in [0.15, 0.2) is 0 Å². The molecule has 10 aromatic rings. The number of benzene rings is 9. The van der Waals surface area contributed by atoms with Gasteiger partial charge in [0.2, 0.25) is 0 Å². The van der Waals surface area contributed by atoms with E-state index >= 15 is 0 Å². The molecule has 0 aliphatic rings. The first-order valence-electron chi connectivity index (χ1n) is 17.1. The van der Waals surface area contributed by atoms with E-state index in [1.165, 1.54) is 43.6 Å². The zero-order valence-electron chi connectivity index (χ0n) is 27.3. The summed E-state index contributed by atoms with van der Waals surface area (Å²) in [6.45, 7) is 0. The van der Waals surface area contributed by atoms with Crippen molar-refractivity contribution in [1.29, 1.82) is 0 Å². The van der Waals surface area contributed by atoms with Gasteiger partial charge >= 0.3 is 0 Å². The van der Waals surface area contributed by atoms with Crippen LogP contribution in [0.3, 0.4) is 0 Å². The molecule has 1 aromatic heterocycles. The Morgan fingerprint density at radius 2 is 0.940 bits per heavy atom. The van der Waals surface area contributed by atoms with Gasteiger partial charge in [-0.25, -0.2) is 0 Å². The topological polar surface area (TPSA) is 16.4 Å². The predicted octanol–water partition coefficient (Wildman–Crippen LogP) is 13.8. The Hall–Kier alpha value is -6.64. The highest BCUT2D eigenvalue weighted by Crippen LogP contribution is 2.44. The van der Waals surface area contributed by atoms with Gasteiger partial charge < -0.3 is 9.32 Å². The molecule has 2 nitrogen and oxygen atoms in total. The fourth-order valence-electron chi connectivity index (χ4n) is 7.66. The molecule has 234 valence electrons. The number of rotatable bonds is 5. The van der Waals surface area contributed by atoms with Gasteiger partial charge in [0, 0.05) is 33.1 Å². The lowest BCUT2D eigenvalue weighted by Crippen LogP contribution is -2.11. The third kappa shape index (κ3) is 4.57. The lowest BCUT2D eigenvalue weighted by molar-refractivity contribution is 0.672. The maximum atomic E-state index is 6.40. The molecule has 0 spiro atoms. The molecule has 0 aliphatic heterocycles. The van der Waals surface area contributed by atoms with Crippen LogP contribution in [0.5, 0.6) is 0 Å². The van der Waals surface area contributed by atoms with Crippen molar-refractivity contribution in [2.24, 2.45) is 0 Å². The second-order valence-corrected chi connectivity index (χ2v) is 12.9. The number of nitrogens with zero attached hydrogens (tertiary/aromatic N) is 1. The molecule has 2 heteroatoms. The van der Waals surface area contributed by atoms with E-state index in [1.54, 1.807) is 0 Å². The second kappa shape index (κ2) is 11.5. The average Bonchev–Trinajstić information content (AvgIpc) is 3.57. The molecule has 0 aliphatic carbocycles. The average molecular weight is 638 g/mol. The molecule has 0 amide bonds. The predicted molar refractivity (Wildman–Crippen MR) is 212 cm³/mol. The van der Waals surface area contributed by atoms with E-state index in [4.69, 9.17) is 4.42 Å². The molecule has 0 N–H and O–H groups in total. The number of anilines is 3. The van der Waals surface area contributed by atoms with E-state index < -0.39 is 0 Å². The SMILES string of the molecule is c1ccc(-c2ccccc2N(c2ccc(-c3cc4c5ccccc5oc4c4ccccc34)cc2)c2ccc3ccc4ccccc4c3c2)cc1. The van der Waals surface area contributed by atoms with Crippen LogP contribution in [-0.4, -0.2) is 0 Å². The lowest BCUT2D eigenvalue weighted by atomic mass is 9.95. The highest BCUT2D eigenvalue weighted by molar-refractivity contribution is 6.19. The van der Waals surface area contributed by atoms with Crippen LogP contribution in [0, 0.1) is 0 Å². The van der Waals surface area contributed by atoms with E-state index in [0.29, 0.717) is 0 Å². The lowest BCUT2D eigenvalue weighted by Gasteiger charge is -2.28. The Balaban J connectivity index is 1.18. The van der Waals surface area contributed by atoms with Crippen molar-refractivity contribution in [2.45, 2.75) is 0 Å². The first-order chi connectivity index (χ1) is 24.8. The maximum Gasteiger partial charge on any atom is 0.143 e. The zero-order chi connectivity index (χ0) is 33.0. The summed E-state index contributed by atoms with van der Waals surface area (Å²) in [5, 5.41) is 9.56. The van der Waals surface area contributed by atoms with Crippen molar-refractivity contribution in [1.82, 2.24) is 0 Å². The minimum atomic E-state index is 0.913. The van der Waals surface area contributed by atoms with Gasteiger partial charge in [0.1, 0.15) is 11.2 Å². The van der Waals surface area contributed by atoms with Crippen LogP contribution in [0.25, 0.3) is 76.5 Å². The summed E-state index contributed by atoms with van der Waals surface area (Å²) in [4.78, 5) is 2.40. The van der Waals surface area contributed by atoms with Gasteiger partial charge in [-0.05, 0) is 86.1 Å². The largest absolute Gasteiger partial charge is 0.455 e. The molecule has 1 heterocycles. The van der Waals surface area contributed by atoms with Gasteiger partial charge in [0.25, 0.3) is 0 Å². The van der Waals surface area contributed by atoms with Crippen LogP contribution in [-0.2, 0) is 0 Å². The molecule has 0 saturated heterocycles. The first kappa shape index (κ1) is 28.4. The summed E-state index contributed by atoms with van der Waals surface area (Å²) >= 11 is 0. The molecule has 0 atom stereocenters. The zero-order valence-corrected chi connectivity index (χ0v) is 27.3. The van der Waals surface area contributed by atoms with Crippen molar-refractivity contribution in [3.63, 3.8) is 0 Å². The van der Waals surface area contributed by atoms with Crippen molar-refractivity contribution < 1.29 is 4.42 Å². The molecular formula is C48H31NO. The highest BCUT2D eigenvalue weighted by atomic mass is 16.3. The van der Waals surface area contributed by atoms with Crippen LogP contribution in [0.1, 0.15) is 0 Å². The van der Waals surface area contributed by atoms with E-state index in [2.05, 4.69) is 187 Å². The van der Waals surface area contributed by atoms with Crippen LogP contribution in [0.2, 0.25) is 0 Å². The van der Waals surface area contributed by atoms with Crippen molar-refractivity contribution in [3.05, 3.63) is 188 Å². The Morgan fingerprint density at radius 1 is 0.340 bits per heavy atom. The summed E-state index contributed by atoms with van der Waals surface area (Å²) in [5.74, 6) is 0. The summed E-state index contributed by atoms with van der Waals surface area (Å²) in [6.07, 6.45) is 0. The molecule has 0 unspecified atom stereocenters. The number of para-hydroxylation sites is 2. The summed E-state index contributed by atoms with van der Waals surface area (Å²) in [5.41, 5.74) is 9.91. The minimum absolute atomic E-state index is 0.913. The van der Waals surface area contributed by atoms with E-state index in [0.717, 1.165) is 50.0 Å². The monoisotopic (exact) mass is 637 g/mol. The Labute approximate surface area is 290 Å². The molecule has 10 rings (SSSR count). The third-order valence-corrected chi connectivity index (χ3v) is 10.0. The summed E-state index contributed by atoms with van der Waals surface area (Å²) < 4.78 is 6.40. The fraction of sp³-hybridized carbons (Fsp3) is 0.